The minimum atomic E-state index is -3.38. The third kappa shape index (κ3) is 6.96. The number of piperazine rings is 1. The summed E-state index contributed by atoms with van der Waals surface area (Å²) in [6, 6.07) is 12.9. The Hall–Kier alpha value is -4.65. The van der Waals surface area contributed by atoms with E-state index in [4.69, 9.17) is 14.2 Å². The number of hydrogen-bond donors (Lipinski definition) is 2. The van der Waals surface area contributed by atoms with Gasteiger partial charge in [-0.2, -0.15) is 10.2 Å². The number of nitrogens with one attached hydrogen (secondary N) is 1. The standard InChI is InChI=1S/C33H38F2N8O5/c1-20-15-41(24-16-47-17-24)10-11-43(20)26-5-7-29(40-31(26)46-3)39-30-13-25(37-19-38-30)22-4-6-27(23(12-22)14-36)48-28-8-9-42(18-33(28,34)35)32(45)21(2)44/h4-7,12-13,19-21,24,28,44H,8-11,15-18H2,1-3H3,(H,37,38,39,40)/t20-,21?,28+/m1/s1. The van der Waals surface area contributed by atoms with Crippen molar-refractivity contribution in [2.75, 3.05) is 63.3 Å². The number of alkyl halides is 2. The van der Waals surface area contributed by atoms with E-state index in [1.54, 1.807) is 19.2 Å². The van der Waals surface area contributed by atoms with Gasteiger partial charge < -0.3 is 34.4 Å². The Kier molecular flexibility index (Phi) is 9.58. The number of carbonyl (C=O) groups excluding carboxylic acids is 1. The van der Waals surface area contributed by atoms with Crippen LogP contribution in [0.4, 0.5) is 26.1 Å². The van der Waals surface area contributed by atoms with Gasteiger partial charge in [-0.05, 0) is 44.2 Å². The van der Waals surface area contributed by atoms with E-state index in [-0.39, 0.29) is 30.3 Å². The topological polar surface area (TPSA) is 149 Å². The summed E-state index contributed by atoms with van der Waals surface area (Å²) in [5, 5.41) is 22.5. The molecule has 3 atom stereocenters. The zero-order chi connectivity index (χ0) is 34.0. The molecule has 3 aromatic rings. The third-order valence-electron chi connectivity index (χ3n) is 8.93. The number of nitrogens with zero attached hydrogens (tertiary/aromatic N) is 7. The molecule has 0 aliphatic carbocycles. The zero-order valence-corrected chi connectivity index (χ0v) is 27.0. The molecule has 1 unspecified atom stereocenters. The van der Waals surface area contributed by atoms with Gasteiger partial charge in [0.15, 0.2) is 6.10 Å². The summed E-state index contributed by atoms with van der Waals surface area (Å²) in [5.41, 5.74) is 2.00. The number of piperidine rings is 1. The number of aliphatic hydroxyl groups is 1. The average molecular weight is 665 g/mol. The second-order valence-corrected chi connectivity index (χ2v) is 12.3. The summed E-state index contributed by atoms with van der Waals surface area (Å²) in [4.78, 5) is 31.1. The molecule has 0 saturated carbocycles. The fourth-order valence-corrected chi connectivity index (χ4v) is 6.25. The number of methoxy groups -OCH3 is 1. The number of amides is 1. The van der Waals surface area contributed by atoms with Crippen molar-refractivity contribution in [3.63, 3.8) is 0 Å². The van der Waals surface area contributed by atoms with Gasteiger partial charge in [0.25, 0.3) is 5.91 Å². The van der Waals surface area contributed by atoms with Gasteiger partial charge in [0, 0.05) is 50.3 Å². The molecule has 0 bridgehead atoms. The van der Waals surface area contributed by atoms with Crippen LogP contribution in [0.15, 0.2) is 42.7 Å². The van der Waals surface area contributed by atoms with Gasteiger partial charge in [0.05, 0.1) is 44.2 Å². The van der Waals surface area contributed by atoms with Gasteiger partial charge in [-0.15, -0.1) is 0 Å². The average Bonchev–Trinajstić information content (AvgIpc) is 3.04. The van der Waals surface area contributed by atoms with Crippen LogP contribution in [0.5, 0.6) is 11.6 Å². The number of ether oxygens (including phenoxy) is 3. The van der Waals surface area contributed by atoms with E-state index < -0.39 is 30.6 Å². The third-order valence-corrected chi connectivity index (χ3v) is 8.93. The number of halogens is 2. The molecule has 15 heteroatoms. The van der Waals surface area contributed by atoms with Crippen LogP contribution < -0.4 is 19.7 Å². The first-order chi connectivity index (χ1) is 23.1. The Morgan fingerprint density at radius 3 is 2.65 bits per heavy atom. The number of anilines is 3. The number of pyridine rings is 1. The fraction of sp³-hybridized carbons (Fsp3) is 0.485. The summed E-state index contributed by atoms with van der Waals surface area (Å²) in [6.45, 7) is 6.84. The summed E-state index contributed by atoms with van der Waals surface area (Å²) < 4.78 is 46.6. The molecule has 0 spiro atoms. The van der Waals surface area contributed by atoms with Gasteiger partial charge in [0.1, 0.15) is 41.6 Å². The molecule has 3 saturated heterocycles. The van der Waals surface area contributed by atoms with Crippen LogP contribution in [-0.2, 0) is 9.53 Å². The Balaban J connectivity index is 1.13. The number of likely N-dealkylation sites (tertiary alicyclic amines) is 1. The highest BCUT2D eigenvalue weighted by molar-refractivity contribution is 5.80. The molecule has 5 heterocycles. The number of hydrogen-bond acceptors (Lipinski definition) is 12. The Morgan fingerprint density at radius 1 is 1.17 bits per heavy atom. The number of benzene rings is 1. The van der Waals surface area contributed by atoms with Crippen molar-refractivity contribution in [3.05, 3.63) is 48.3 Å². The maximum absolute atomic E-state index is 14.9. The summed E-state index contributed by atoms with van der Waals surface area (Å²) in [5.74, 6) is -2.69. The molecule has 1 amide bonds. The smallest absolute Gasteiger partial charge is 0.301 e. The van der Waals surface area contributed by atoms with Gasteiger partial charge in [-0.3, -0.25) is 9.69 Å². The largest absolute Gasteiger partial charge is 0.483 e. The second kappa shape index (κ2) is 13.8. The highest BCUT2D eigenvalue weighted by atomic mass is 19.3. The van der Waals surface area contributed by atoms with Crippen molar-refractivity contribution in [1.82, 2.24) is 24.8 Å². The number of aromatic nitrogens is 3. The van der Waals surface area contributed by atoms with Crippen molar-refractivity contribution in [2.24, 2.45) is 0 Å². The minimum absolute atomic E-state index is 0.00203. The van der Waals surface area contributed by atoms with Gasteiger partial charge in [-0.25, -0.2) is 18.7 Å². The first kappa shape index (κ1) is 33.3. The summed E-state index contributed by atoms with van der Waals surface area (Å²) >= 11 is 0. The van der Waals surface area contributed by atoms with Crippen LogP contribution in [0, 0.1) is 11.3 Å². The van der Waals surface area contributed by atoms with Crippen LogP contribution in [0.2, 0.25) is 0 Å². The predicted octanol–water partition coefficient (Wildman–Crippen LogP) is 3.07. The van der Waals surface area contributed by atoms with Gasteiger partial charge in [-0.1, -0.05) is 0 Å². The molecular weight excluding hydrogens is 626 g/mol. The maximum atomic E-state index is 14.9. The molecule has 2 aromatic heterocycles. The van der Waals surface area contributed by atoms with E-state index in [9.17, 15) is 23.9 Å². The molecule has 0 radical (unpaired) electrons. The Morgan fingerprint density at radius 2 is 1.98 bits per heavy atom. The molecule has 13 nitrogen and oxygen atoms in total. The van der Waals surface area contributed by atoms with Gasteiger partial charge >= 0.3 is 5.92 Å². The van der Waals surface area contributed by atoms with Crippen molar-refractivity contribution in [3.8, 4) is 29.0 Å². The molecule has 1 aromatic carbocycles. The van der Waals surface area contributed by atoms with Crippen molar-refractivity contribution < 1.29 is 32.9 Å². The number of aliphatic hydroxyl groups excluding tert-OH is 1. The molecule has 48 heavy (non-hydrogen) atoms. The van der Waals surface area contributed by atoms with Gasteiger partial charge in [0.2, 0.25) is 5.88 Å². The monoisotopic (exact) mass is 664 g/mol. The highest BCUT2D eigenvalue weighted by Gasteiger charge is 2.48. The maximum Gasteiger partial charge on any atom is 0.301 e. The van der Waals surface area contributed by atoms with E-state index >= 15 is 0 Å². The van der Waals surface area contributed by atoms with E-state index in [0.29, 0.717) is 34.8 Å². The Labute approximate surface area is 277 Å². The van der Waals surface area contributed by atoms with E-state index in [2.05, 4.69) is 37.0 Å². The molecule has 254 valence electrons. The van der Waals surface area contributed by atoms with E-state index in [1.807, 2.05) is 18.2 Å². The van der Waals surface area contributed by atoms with Crippen LogP contribution in [0.25, 0.3) is 11.3 Å². The normalized spacial score (nSPS) is 21.9. The lowest BCUT2D eigenvalue weighted by Gasteiger charge is -2.46. The molecule has 6 rings (SSSR count). The molecular formula is C33H38F2N8O5. The lowest BCUT2D eigenvalue weighted by Crippen LogP contribution is -2.59. The highest BCUT2D eigenvalue weighted by Crippen LogP contribution is 2.35. The predicted molar refractivity (Wildman–Crippen MR) is 171 cm³/mol. The molecule has 3 aliphatic heterocycles. The van der Waals surface area contributed by atoms with Crippen molar-refractivity contribution in [2.45, 2.75) is 50.5 Å². The van der Waals surface area contributed by atoms with Crippen LogP contribution >= 0.6 is 0 Å². The molecule has 3 aliphatic rings. The lowest BCUT2D eigenvalue weighted by atomic mass is 10.0. The fourth-order valence-electron chi connectivity index (χ4n) is 6.25. The molecule has 2 N–H and O–H groups in total. The lowest BCUT2D eigenvalue weighted by molar-refractivity contribution is -0.165. The number of nitriles is 1. The van der Waals surface area contributed by atoms with E-state index in [0.717, 1.165) is 43.4 Å². The zero-order valence-electron chi connectivity index (χ0n) is 27.0. The van der Waals surface area contributed by atoms with Crippen LogP contribution in [0.3, 0.4) is 0 Å². The first-order valence-corrected chi connectivity index (χ1v) is 15.8. The van der Waals surface area contributed by atoms with E-state index in [1.165, 1.54) is 25.4 Å². The first-order valence-electron chi connectivity index (χ1n) is 15.8. The minimum Gasteiger partial charge on any atom is -0.483 e. The summed E-state index contributed by atoms with van der Waals surface area (Å²) in [6.07, 6.45) is -1.71. The SMILES string of the molecule is COc1nc(Nc2cc(-c3ccc(O[C@H]4CCN(C(=O)C(C)O)CC4(F)F)c(C#N)c3)ncn2)ccc1N1CCN(C2COC2)C[C@H]1C. The second-order valence-electron chi connectivity index (χ2n) is 12.3. The number of rotatable bonds is 9. The quantitative estimate of drug-likeness (QED) is 0.346. The van der Waals surface area contributed by atoms with Crippen LogP contribution in [0.1, 0.15) is 25.8 Å². The molecule has 3 fully saturated rings. The summed E-state index contributed by atoms with van der Waals surface area (Å²) in [7, 11) is 1.59. The van der Waals surface area contributed by atoms with Crippen molar-refractivity contribution >= 4 is 23.2 Å². The van der Waals surface area contributed by atoms with Crippen molar-refractivity contribution in [1.29, 1.82) is 5.26 Å². The Bertz CT molecular complexity index is 1680. The number of carbonyl (C=O) groups is 1. The van der Waals surface area contributed by atoms with Crippen LogP contribution in [-0.4, -0.2) is 119 Å².